The minimum atomic E-state index is -0.924. The molecule has 0 radical (unpaired) electrons. The van der Waals surface area contributed by atoms with Crippen LogP contribution in [0.15, 0.2) is 29.1 Å². The van der Waals surface area contributed by atoms with Crippen LogP contribution in [0, 0.1) is 24.0 Å². The molecular weight excluding hydrogens is 388 g/mol. The number of aromatic nitrogens is 1. The number of pyridine rings is 1. The molecule has 3 N–H and O–H groups in total. The van der Waals surface area contributed by atoms with Crippen molar-refractivity contribution in [3.8, 4) is 0 Å². The first kappa shape index (κ1) is 21.1. The van der Waals surface area contributed by atoms with Crippen molar-refractivity contribution in [3.63, 3.8) is 0 Å². The van der Waals surface area contributed by atoms with Gasteiger partial charge < -0.3 is 15.6 Å². The molecule has 1 aromatic heterocycles. The Bertz CT molecular complexity index is 1000. The molecule has 1 atom stereocenters. The molecule has 2 rings (SSSR count). The number of aryl methyl sites for hydroxylation is 2. The number of nitrogens with one attached hydrogen (secondary N) is 3. The van der Waals surface area contributed by atoms with Crippen molar-refractivity contribution in [2.75, 3.05) is 0 Å². The van der Waals surface area contributed by atoms with Crippen molar-refractivity contribution >= 4 is 29.1 Å². The third-order valence-electron chi connectivity index (χ3n) is 4.08. The van der Waals surface area contributed by atoms with Crippen LogP contribution in [0.4, 0.5) is 5.69 Å². The van der Waals surface area contributed by atoms with Gasteiger partial charge in [0, 0.05) is 29.4 Å². The predicted octanol–water partition coefficient (Wildman–Crippen LogP) is 1.99. The van der Waals surface area contributed by atoms with E-state index in [-0.39, 0.29) is 22.7 Å². The van der Waals surface area contributed by atoms with Crippen molar-refractivity contribution in [2.24, 2.45) is 0 Å². The summed E-state index contributed by atoms with van der Waals surface area (Å²) < 4.78 is 0. The Hall–Kier alpha value is -3.20. The molecule has 0 aliphatic carbocycles. The number of rotatable bonds is 6. The Morgan fingerprint density at radius 3 is 2.57 bits per heavy atom. The van der Waals surface area contributed by atoms with Gasteiger partial charge in [-0.3, -0.25) is 24.5 Å². The van der Waals surface area contributed by atoms with Crippen LogP contribution >= 0.6 is 11.6 Å². The van der Waals surface area contributed by atoms with E-state index in [4.69, 9.17) is 11.6 Å². The lowest BCUT2D eigenvalue weighted by molar-refractivity contribution is -0.384. The molecule has 0 unspecified atom stereocenters. The Balaban J connectivity index is 2.03. The molecule has 0 saturated carbocycles. The Morgan fingerprint density at radius 1 is 1.29 bits per heavy atom. The second-order valence-corrected chi connectivity index (χ2v) is 6.69. The quantitative estimate of drug-likeness (QED) is 0.498. The second-order valence-electron chi connectivity index (χ2n) is 6.28. The first-order valence-corrected chi connectivity index (χ1v) is 8.70. The molecule has 1 heterocycles. The highest BCUT2D eigenvalue weighted by molar-refractivity contribution is 6.32. The highest BCUT2D eigenvalue weighted by Gasteiger charge is 2.20. The summed E-state index contributed by atoms with van der Waals surface area (Å²) in [6.45, 7) is 4.99. The van der Waals surface area contributed by atoms with Crippen LogP contribution in [0.2, 0.25) is 5.02 Å². The molecule has 0 fully saturated rings. The number of nitro groups is 1. The molecule has 28 heavy (non-hydrogen) atoms. The van der Waals surface area contributed by atoms with E-state index in [1.807, 2.05) is 0 Å². The van der Waals surface area contributed by atoms with Crippen LogP contribution in [0.1, 0.15) is 34.1 Å². The van der Waals surface area contributed by atoms with Crippen LogP contribution in [0.5, 0.6) is 0 Å². The van der Waals surface area contributed by atoms with Gasteiger partial charge in [0.25, 0.3) is 17.2 Å². The summed E-state index contributed by atoms with van der Waals surface area (Å²) in [6, 6.07) is 4.47. The molecule has 9 nitrogen and oxygen atoms in total. The van der Waals surface area contributed by atoms with Crippen LogP contribution in [0.25, 0.3) is 0 Å². The number of hydrogen-bond donors (Lipinski definition) is 3. The molecule has 0 aliphatic rings. The summed E-state index contributed by atoms with van der Waals surface area (Å²) >= 11 is 5.72. The zero-order valence-electron chi connectivity index (χ0n) is 15.5. The zero-order chi connectivity index (χ0) is 21.0. The molecule has 2 aromatic rings. The largest absolute Gasteiger partial charge is 0.350 e. The molecule has 2 amide bonds. The van der Waals surface area contributed by atoms with Gasteiger partial charge in [-0.2, -0.15) is 0 Å². The smallest absolute Gasteiger partial charge is 0.288 e. The van der Waals surface area contributed by atoms with Crippen molar-refractivity contribution in [1.29, 1.82) is 0 Å². The van der Waals surface area contributed by atoms with E-state index in [0.29, 0.717) is 5.56 Å². The number of aromatic amines is 1. The summed E-state index contributed by atoms with van der Waals surface area (Å²) in [7, 11) is 0. The van der Waals surface area contributed by atoms with Gasteiger partial charge in [0.05, 0.1) is 4.92 Å². The summed E-state index contributed by atoms with van der Waals surface area (Å²) in [4.78, 5) is 49.4. The predicted molar refractivity (Wildman–Crippen MR) is 103 cm³/mol. The first-order chi connectivity index (χ1) is 13.1. The van der Waals surface area contributed by atoms with Crippen LogP contribution in [-0.2, 0) is 11.3 Å². The summed E-state index contributed by atoms with van der Waals surface area (Å²) in [5, 5.41) is 15.9. The summed E-state index contributed by atoms with van der Waals surface area (Å²) in [6.07, 6.45) is 0. The van der Waals surface area contributed by atoms with Gasteiger partial charge >= 0.3 is 0 Å². The van der Waals surface area contributed by atoms with Crippen molar-refractivity contribution in [1.82, 2.24) is 15.6 Å². The standard InChI is InChI=1S/C18H19ClN4O5/c1-9-6-10(2)21-18(26)13(9)8-20-16(24)11(3)22-17(25)12-4-5-14(19)15(7-12)23(27)28/h4-7,11H,8H2,1-3H3,(H,20,24)(H,21,26)(H,22,25)/t11-/m0/s1. The first-order valence-electron chi connectivity index (χ1n) is 8.32. The minimum Gasteiger partial charge on any atom is -0.350 e. The van der Waals surface area contributed by atoms with E-state index in [9.17, 15) is 24.5 Å². The number of nitrogens with zero attached hydrogens (tertiary/aromatic N) is 1. The maximum atomic E-state index is 12.3. The highest BCUT2D eigenvalue weighted by atomic mass is 35.5. The molecule has 1 aromatic carbocycles. The number of nitro benzene ring substituents is 1. The van der Waals surface area contributed by atoms with Gasteiger partial charge in [-0.05, 0) is 44.5 Å². The van der Waals surface area contributed by atoms with Gasteiger partial charge in [0.2, 0.25) is 5.91 Å². The maximum Gasteiger partial charge on any atom is 0.288 e. The number of H-pyrrole nitrogens is 1. The third kappa shape index (κ3) is 4.95. The van der Waals surface area contributed by atoms with E-state index >= 15 is 0 Å². The van der Waals surface area contributed by atoms with Crippen LogP contribution < -0.4 is 16.2 Å². The lowest BCUT2D eigenvalue weighted by atomic mass is 10.1. The topological polar surface area (TPSA) is 134 Å². The summed E-state index contributed by atoms with van der Waals surface area (Å²) in [5.74, 6) is -1.16. The fourth-order valence-electron chi connectivity index (χ4n) is 2.57. The van der Waals surface area contributed by atoms with E-state index < -0.39 is 28.5 Å². The van der Waals surface area contributed by atoms with Crippen molar-refractivity contribution < 1.29 is 14.5 Å². The van der Waals surface area contributed by atoms with Crippen LogP contribution in [-0.4, -0.2) is 27.8 Å². The molecular formula is C18H19ClN4O5. The van der Waals surface area contributed by atoms with Crippen molar-refractivity contribution in [2.45, 2.75) is 33.4 Å². The maximum absolute atomic E-state index is 12.3. The zero-order valence-corrected chi connectivity index (χ0v) is 16.2. The minimum absolute atomic E-state index is 0.00146. The molecule has 0 bridgehead atoms. The Kier molecular flexibility index (Phi) is 6.53. The average molecular weight is 407 g/mol. The second kappa shape index (κ2) is 8.66. The Labute approximate surface area is 165 Å². The number of benzene rings is 1. The van der Waals surface area contributed by atoms with Crippen molar-refractivity contribution in [3.05, 3.63) is 72.1 Å². The molecule has 0 aliphatic heterocycles. The molecule has 0 spiro atoms. The fraction of sp³-hybridized carbons (Fsp3) is 0.278. The Morgan fingerprint density at radius 2 is 1.96 bits per heavy atom. The van der Waals surface area contributed by atoms with Gasteiger partial charge in [-0.25, -0.2) is 0 Å². The SMILES string of the molecule is Cc1cc(C)c(CNC(=O)[C@H](C)NC(=O)c2ccc(Cl)c([N+](=O)[O-])c2)c(=O)[nH]1. The number of carbonyl (C=O) groups is 2. The molecule has 0 saturated heterocycles. The number of halogens is 1. The normalized spacial score (nSPS) is 11.6. The third-order valence-corrected chi connectivity index (χ3v) is 4.40. The van der Waals surface area contributed by atoms with E-state index in [2.05, 4.69) is 15.6 Å². The molecule has 10 heteroatoms. The van der Waals surface area contributed by atoms with Gasteiger partial charge in [0.15, 0.2) is 0 Å². The highest BCUT2D eigenvalue weighted by Crippen LogP contribution is 2.25. The van der Waals surface area contributed by atoms with Gasteiger partial charge in [0.1, 0.15) is 11.1 Å². The van der Waals surface area contributed by atoms with E-state index in [1.165, 1.54) is 19.1 Å². The lowest BCUT2D eigenvalue weighted by Gasteiger charge is -2.15. The summed E-state index contributed by atoms with van der Waals surface area (Å²) in [5.41, 5.74) is 1.19. The van der Waals surface area contributed by atoms with Gasteiger partial charge in [-0.1, -0.05) is 11.6 Å². The van der Waals surface area contributed by atoms with E-state index in [0.717, 1.165) is 17.3 Å². The number of hydrogen-bond acceptors (Lipinski definition) is 5. The van der Waals surface area contributed by atoms with E-state index in [1.54, 1.807) is 19.9 Å². The molecule has 148 valence electrons. The number of amides is 2. The number of carbonyl (C=O) groups excluding carboxylic acids is 2. The lowest BCUT2D eigenvalue weighted by Crippen LogP contribution is -2.45. The fourth-order valence-corrected chi connectivity index (χ4v) is 2.76. The monoisotopic (exact) mass is 406 g/mol. The van der Waals surface area contributed by atoms with Gasteiger partial charge in [-0.15, -0.1) is 0 Å². The van der Waals surface area contributed by atoms with Crippen LogP contribution in [0.3, 0.4) is 0 Å². The average Bonchev–Trinajstić information content (AvgIpc) is 2.60.